The molecule has 1 aliphatic rings. The van der Waals surface area contributed by atoms with Crippen LogP contribution in [0.25, 0.3) is 16.8 Å². The molecule has 0 aromatic heterocycles. The number of ether oxygens (including phenoxy) is 1. The summed E-state index contributed by atoms with van der Waals surface area (Å²) in [6, 6.07) is 17.4. The molecule has 6 nitrogen and oxygen atoms in total. The minimum atomic E-state index is -0.758. The van der Waals surface area contributed by atoms with E-state index in [2.05, 4.69) is 5.32 Å². The van der Waals surface area contributed by atoms with E-state index in [4.69, 9.17) is 4.74 Å². The molecular weight excluding hydrogens is 368 g/mol. The number of para-hydroxylation sites is 1. The lowest BCUT2D eigenvalue weighted by atomic mass is 10.00. The van der Waals surface area contributed by atoms with Gasteiger partial charge in [0.2, 0.25) is 0 Å². The molecule has 29 heavy (non-hydrogen) atoms. The fraction of sp³-hybridized carbons (Fsp3) is 0.0870. The maximum absolute atomic E-state index is 13.1. The zero-order valence-corrected chi connectivity index (χ0v) is 15.9. The van der Waals surface area contributed by atoms with E-state index in [-0.39, 0.29) is 5.57 Å². The molecule has 1 aliphatic heterocycles. The number of carbonyl (C=O) groups excluding carboxylic acids is 3. The summed E-state index contributed by atoms with van der Waals surface area (Å²) in [5, 5.41) is 3.95. The van der Waals surface area contributed by atoms with Crippen molar-refractivity contribution in [1.29, 1.82) is 0 Å². The van der Waals surface area contributed by atoms with Crippen molar-refractivity contribution >= 4 is 40.4 Å². The van der Waals surface area contributed by atoms with E-state index in [0.29, 0.717) is 17.0 Å². The Morgan fingerprint density at radius 3 is 2.31 bits per heavy atom. The number of hydrogen-bond donors (Lipinski definition) is 1. The number of anilines is 1. The summed E-state index contributed by atoms with van der Waals surface area (Å²) in [5.74, 6) is -0.684. The Kier molecular flexibility index (Phi) is 4.60. The first-order valence-corrected chi connectivity index (χ1v) is 9.04. The van der Waals surface area contributed by atoms with Crippen LogP contribution in [0.15, 0.2) is 66.2 Å². The van der Waals surface area contributed by atoms with Gasteiger partial charge < -0.3 is 4.74 Å². The molecule has 0 unspecified atom stereocenters. The Balaban J connectivity index is 1.84. The molecule has 1 heterocycles. The highest BCUT2D eigenvalue weighted by atomic mass is 16.5. The normalized spacial score (nSPS) is 15.7. The highest BCUT2D eigenvalue weighted by Crippen LogP contribution is 2.31. The van der Waals surface area contributed by atoms with Crippen LogP contribution in [-0.2, 0) is 9.59 Å². The number of nitrogens with zero attached hydrogens (tertiary/aromatic N) is 1. The summed E-state index contributed by atoms with van der Waals surface area (Å²) < 4.78 is 5.40. The summed E-state index contributed by atoms with van der Waals surface area (Å²) in [4.78, 5) is 39.0. The summed E-state index contributed by atoms with van der Waals surface area (Å²) in [5.41, 5.74) is 1.76. The van der Waals surface area contributed by atoms with Crippen molar-refractivity contribution < 1.29 is 19.1 Å². The quantitative estimate of drug-likeness (QED) is 0.548. The molecule has 0 atom stereocenters. The number of barbiturate groups is 1. The highest BCUT2D eigenvalue weighted by Gasteiger charge is 2.37. The summed E-state index contributed by atoms with van der Waals surface area (Å²) in [6.07, 6.45) is 1.51. The average molecular weight is 386 g/mol. The van der Waals surface area contributed by atoms with Crippen LogP contribution in [0.3, 0.4) is 0 Å². The monoisotopic (exact) mass is 386 g/mol. The number of imide groups is 2. The third-order valence-corrected chi connectivity index (χ3v) is 4.90. The topological polar surface area (TPSA) is 75.7 Å². The third-order valence-electron chi connectivity index (χ3n) is 4.90. The van der Waals surface area contributed by atoms with E-state index >= 15 is 0 Å². The van der Waals surface area contributed by atoms with Crippen LogP contribution in [0, 0.1) is 6.92 Å². The van der Waals surface area contributed by atoms with Crippen molar-refractivity contribution in [2.45, 2.75) is 6.92 Å². The van der Waals surface area contributed by atoms with Gasteiger partial charge in [0.1, 0.15) is 11.3 Å². The van der Waals surface area contributed by atoms with E-state index in [0.717, 1.165) is 21.2 Å². The van der Waals surface area contributed by atoms with E-state index in [1.54, 1.807) is 44.4 Å². The van der Waals surface area contributed by atoms with Crippen molar-refractivity contribution in [3.05, 3.63) is 77.4 Å². The van der Waals surface area contributed by atoms with Crippen LogP contribution in [0.1, 0.15) is 11.1 Å². The summed E-state index contributed by atoms with van der Waals surface area (Å²) >= 11 is 0. The van der Waals surface area contributed by atoms with Crippen molar-refractivity contribution in [3.63, 3.8) is 0 Å². The average Bonchev–Trinajstić information content (AvgIpc) is 2.72. The molecule has 0 aliphatic carbocycles. The van der Waals surface area contributed by atoms with E-state index in [9.17, 15) is 14.4 Å². The molecule has 1 fully saturated rings. The zero-order valence-electron chi connectivity index (χ0n) is 15.9. The summed E-state index contributed by atoms with van der Waals surface area (Å²) in [6.45, 7) is 1.80. The minimum Gasteiger partial charge on any atom is -0.496 e. The van der Waals surface area contributed by atoms with Gasteiger partial charge in [-0.2, -0.15) is 0 Å². The Labute approximate surface area is 167 Å². The number of methoxy groups -OCH3 is 1. The fourth-order valence-corrected chi connectivity index (χ4v) is 3.44. The number of benzene rings is 3. The maximum atomic E-state index is 13.1. The first kappa shape index (κ1) is 18.4. The number of carbonyl (C=O) groups is 3. The minimum absolute atomic E-state index is 0.108. The molecule has 0 bridgehead atoms. The molecule has 1 saturated heterocycles. The molecule has 1 N–H and O–H groups in total. The van der Waals surface area contributed by atoms with Crippen molar-refractivity contribution in [3.8, 4) is 5.75 Å². The van der Waals surface area contributed by atoms with Crippen LogP contribution in [0.2, 0.25) is 0 Å². The number of aryl methyl sites for hydroxylation is 1. The molecule has 144 valence electrons. The predicted octanol–water partition coefficient (Wildman–Crippen LogP) is 3.82. The first-order valence-electron chi connectivity index (χ1n) is 9.04. The van der Waals surface area contributed by atoms with E-state index in [1.807, 2.05) is 30.3 Å². The van der Waals surface area contributed by atoms with Crippen LogP contribution in [-0.4, -0.2) is 25.0 Å². The SMILES string of the molecule is COc1ccc(C=C2C(=O)NC(=O)N(c3ccccc3C)C2=O)c2ccccc12. The highest BCUT2D eigenvalue weighted by molar-refractivity contribution is 6.39. The van der Waals surface area contributed by atoms with Gasteiger partial charge in [0.25, 0.3) is 11.8 Å². The second-order valence-electron chi connectivity index (χ2n) is 6.65. The molecule has 4 rings (SSSR count). The molecular formula is C23H18N2O4. The maximum Gasteiger partial charge on any atom is 0.335 e. The Morgan fingerprint density at radius 2 is 1.59 bits per heavy atom. The van der Waals surface area contributed by atoms with Gasteiger partial charge in [-0.15, -0.1) is 0 Å². The molecule has 4 amide bonds. The number of fused-ring (bicyclic) bond motifs is 1. The Hall–Kier alpha value is -3.93. The van der Waals surface area contributed by atoms with Crippen molar-refractivity contribution in [2.24, 2.45) is 0 Å². The van der Waals surface area contributed by atoms with Crippen LogP contribution >= 0.6 is 0 Å². The van der Waals surface area contributed by atoms with Gasteiger partial charge in [-0.05, 0) is 41.6 Å². The van der Waals surface area contributed by atoms with E-state index < -0.39 is 17.8 Å². The molecule has 3 aromatic carbocycles. The molecule has 0 saturated carbocycles. The number of rotatable bonds is 3. The van der Waals surface area contributed by atoms with Gasteiger partial charge in [0.05, 0.1) is 12.8 Å². The molecule has 6 heteroatoms. The fourth-order valence-electron chi connectivity index (χ4n) is 3.44. The van der Waals surface area contributed by atoms with Crippen LogP contribution in [0.5, 0.6) is 5.75 Å². The second-order valence-corrected chi connectivity index (χ2v) is 6.65. The second kappa shape index (κ2) is 7.24. The van der Waals surface area contributed by atoms with Crippen molar-refractivity contribution in [1.82, 2.24) is 5.32 Å². The van der Waals surface area contributed by atoms with Gasteiger partial charge in [-0.1, -0.05) is 48.5 Å². The number of hydrogen-bond acceptors (Lipinski definition) is 4. The predicted molar refractivity (Wildman–Crippen MR) is 111 cm³/mol. The van der Waals surface area contributed by atoms with E-state index in [1.165, 1.54) is 6.08 Å². The third kappa shape index (κ3) is 3.14. The number of amides is 4. The van der Waals surface area contributed by atoms with Gasteiger partial charge in [0.15, 0.2) is 0 Å². The largest absolute Gasteiger partial charge is 0.496 e. The van der Waals surface area contributed by atoms with Gasteiger partial charge >= 0.3 is 6.03 Å². The Bertz CT molecular complexity index is 1200. The number of urea groups is 1. The molecule has 0 radical (unpaired) electrons. The lowest BCUT2D eigenvalue weighted by molar-refractivity contribution is -0.122. The van der Waals surface area contributed by atoms with Crippen LogP contribution < -0.4 is 15.0 Å². The lowest BCUT2D eigenvalue weighted by Gasteiger charge is -2.27. The smallest absolute Gasteiger partial charge is 0.335 e. The van der Waals surface area contributed by atoms with Gasteiger partial charge in [-0.25, -0.2) is 9.69 Å². The number of nitrogens with one attached hydrogen (secondary N) is 1. The zero-order chi connectivity index (χ0) is 20.5. The summed E-state index contributed by atoms with van der Waals surface area (Å²) in [7, 11) is 1.59. The van der Waals surface area contributed by atoms with Crippen molar-refractivity contribution in [2.75, 3.05) is 12.0 Å². The molecule has 0 spiro atoms. The van der Waals surface area contributed by atoms with Gasteiger partial charge in [-0.3, -0.25) is 14.9 Å². The van der Waals surface area contributed by atoms with Gasteiger partial charge in [0, 0.05) is 5.39 Å². The Morgan fingerprint density at radius 1 is 0.897 bits per heavy atom. The van der Waals surface area contributed by atoms with Crippen LogP contribution in [0.4, 0.5) is 10.5 Å². The molecule has 3 aromatic rings. The standard InChI is InChI=1S/C23H18N2O4/c1-14-7-3-6-10-19(14)25-22(27)18(21(26)24-23(25)28)13-15-11-12-20(29-2)17-9-5-4-8-16(15)17/h3-13H,1-2H3,(H,24,26,28). The lowest BCUT2D eigenvalue weighted by Crippen LogP contribution is -2.54. The first-order chi connectivity index (χ1) is 14.0.